The van der Waals surface area contributed by atoms with Gasteiger partial charge < -0.3 is 15.4 Å². The second-order valence-corrected chi connectivity index (χ2v) is 4.01. The highest BCUT2D eigenvalue weighted by Gasteiger charge is 2.02. The Morgan fingerprint density at radius 2 is 2.26 bits per heavy atom. The van der Waals surface area contributed by atoms with Gasteiger partial charge in [0.15, 0.2) is 0 Å². The molecule has 0 unspecified atom stereocenters. The number of hydrogen-bond acceptors (Lipinski definition) is 5. The van der Waals surface area contributed by atoms with E-state index >= 15 is 0 Å². The number of carbonyl (C=O) groups is 1. The Kier molecular flexibility index (Phi) is 6.33. The van der Waals surface area contributed by atoms with Crippen LogP contribution in [-0.2, 0) is 9.53 Å². The van der Waals surface area contributed by atoms with Crippen LogP contribution in [0.3, 0.4) is 0 Å². The zero-order valence-electron chi connectivity index (χ0n) is 11.2. The minimum atomic E-state index is -0.0438. The minimum absolute atomic E-state index is 0.0438. The fraction of sp³-hybridized carbons (Fsp3) is 0.462. The average molecular weight is 262 g/mol. The van der Waals surface area contributed by atoms with Crippen LogP contribution in [0.15, 0.2) is 12.1 Å². The van der Waals surface area contributed by atoms with Crippen molar-refractivity contribution >= 4 is 11.7 Å². The molecule has 0 spiro atoms. The molecule has 0 radical (unpaired) electrons. The predicted octanol–water partition coefficient (Wildman–Crippen LogP) is 0.826. The Labute approximate surface area is 112 Å². The molecule has 0 fully saturated rings. The maximum Gasteiger partial charge on any atom is 0.221 e. The first kappa shape index (κ1) is 14.9. The van der Waals surface area contributed by atoms with Gasteiger partial charge >= 0.3 is 0 Å². The van der Waals surface area contributed by atoms with E-state index in [4.69, 9.17) is 10.00 Å². The molecule has 0 atom stereocenters. The van der Waals surface area contributed by atoms with Gasteiger partial charge in [0, 0.05) is 32.3 Å². The number of methoxy groups -OCH3 is 1. The van der Waals surface area contributed by atoms with Crippen molar-refractivity contribution in [1.29, 1.82) is 5.26 Å². The molecule has 2 N–H and O–H groups in total. The number of nitriles is 1. The summed E-state index contributed by atoms with van der Waals surface area (Å²) in [5.41, 5.74) is 1.32. The molecule has 0 bridgehead atoms. The maximum atomic E-state index is 11.4. The highest BCUT2D eigenvalue weighted by atomic mass is 16.5. The van der Waals surface area contributed by atoms with Gasteiger partial charge in [-0.1, -0.05) is 0 Å². The van der Waals surface area contributed by atoms with Crippen molar-refractivity contribution < 1.29 is 9.53 Å². The number of aryl methyl sites for hydroxylation is 1. The van der Waals surface area contributed by atoms with Gasteiger partial charge in [0.1, 0.15) is 5.82 Å². The second kappa shape index (κ2) is 8.06. The molecule has 0 aliphatic rings. The first-order valence-corrected chi connectivity index (χ1v) is 6.04. The van der Waals surface area contributed by atoms with Crippen molar-refractivity contribution in [3.8, 4) is 6.07 Å². The van der Waals surface area contributed by atoms with Crippen LogP contribution in [0.2, 0.25) is 0 Å². The highest BCUT2D eigenvalue weighted by Crippen LogP contribution is 2.08. The number of anilines is 1. The van der Waals surface area contributed by atoms with E-state index in [1.165, 1.54) is 0 Å². The second-order valence-electron chi connectivity index (χ2n) is 4.01. The lowest BCUT2D eigenvalue weighted by molar-refractivity contribution is -0.121. The molecule has 1 rings (SSSR count). The fourth-order valence-electron chi connectivity index (χ4n) is 1.51. The number of nitrogens with one attached hydrogen (secondary N) is 2. The SMILES string of the molecule is COCCNC(=O)CCNc1cc(C#N)cc(C)n1. The summed E-state index contributed by atoms with van der Waals surface area (Å²) in [6.07, 6.45) is 0.348. The smallest absolute Gasteiger partial charge is 0.221 e. The Morgan fingerprint density at radius 1 is 1.47 bits per heavy atom. The van der Waals surface area contributed by atoms with E-state index in [1.807, 2.05) is 6.92 Å². The first-order chi connectivity index (χ1) is 9.15. The first-order valence-electron chi connectivity index (χ1n) is 6.04. The summed E-state index contributed by atoms with van der Waals surface area (Å²) in [4.78, 5) is 15.7. The van der Waals surface area contributed by atoms with Gasteiger partial charge in [-0.2, -0.15) is 5.26 Å². The molecule has 0 saturated heterocycles. The van der Waals surface area contributed by atoms with E-state index in [9.17, 15) is 4.79 Å². The summed E-state index contributed by atoms with van der Waals surface area (Å²) in [7, 11) is 1.59. The van der Waals surface area contributed by atoms with E-state index < -0.39 is 0 Å². The zero-order valence-corrected chi connectivity index (χ0v) is 11.2. The number of carbonyl (C=O) groups excluding carboxylic acids is 1. The monoisotopic (exact) mass is 262 g/mol. The fourth-order valence-corrected chi connectivity index (χ4v) is 1.51. The molecule has 0 aliphatic heterocycles. The number of ether oxygens (including phenoxy) is 1. The van der Waals surface area contributed by atoms with Crippen molar-refractivity contribution in [3.63, 3.8) is 0 Å². The number of nitrogens with zero attached hydrogens (tertiary/aromatic N) is 2. The minimum Gasteiger partial charge on any atom is -0.383 e. The standard InChI is InChI=1S/C13H18N4O2/c1-10-7-11(9-14)8-12(17-10)15-4-3-13(18)16-5-6-19-2/h7-8H,3-6H2,1-2H3,(H,15,17)(H,16,18). The summed E-state index contributed by atoms with van der Waals surface area (Å²) in [5, 5.41) is 14.6. The third kappa shape index (κ3) is 5.84. The highest BCUT2D eigenvalue weighted by molar-refractivity contribution is 5.76. The van der Waals surface area contributed by atoms with E-state index in [2.05, 4.69) is 21.7 Å². The van der Waals surface area contributed by atoms with Crippen LogP contribution >= 0.6 is 0 Å². The van der Waals surface area contributed by atoms with Gasteiger partial charge in [-0.15, -0.1) is 0 Å². The summed E-state index contributed by atoms with van der Waals surface area (Å²) >= 11 is 0. The topological polar surface area (TPSA) is 87.0 Å². The molecule has 0 aromatic carbocycles. The molecule has 0 aliphatic carbocycles. The third-order valence-corrected chi connectivity index (χ3v) is 2.37. The Morgan fingerprint density at radius 3 is 2.95 bits per heavy atom. The maximum absolute atomic E-state index is 11.4. The van der Waals surface area contributed by atoms with Gasteiger partial charge in [-0.05, 0) is 19.1 Å². The van der Waals surface area contributed by atoms with Crippen LogP contribution in [0, 0.1) is 18.3 Å². The van der Waals surface area contributed by atoms with Crippen LogP contribution in [0.25, 0.3) is 0 Å². The molecule has 1 aromatic heterocycles. The van der Waals surface area contributed by atoms with Crippen molar-refractivity contribution in [1.82, 2.24) is 10.3 Å². The van der Waals surface area contributed by atoms with E-state index in [0.717, 1.165) is 5.69 Å². The van der Waals surface area contributed by atoms with Crippen LogP contribution in [0.1, 0.15) is 17.7 Å². The summed E-state index contributed by atoms with van der Waals surface area (Å²) in [6.45, 7) is 3.31. The van der Waals surface area contributed by atoms with E-state index in [1.54, 1.807) is 19.2 Å². The van der Waals surface area contributed by atoms with Gasteiger partial charge in [0.2, 0.25) is 5.91 Å². The Balaban J connectivity index is 2.35. The van der Waals surface area contributed by atoms with Gasteiger partial charge in [0.05, 0.1) is 18.2 Å². The summed E-state index contributed by atoms with van der Waals surface area (Å²) < 4.78 is 4.83. The molecular weight excluding hydrogens is 244 g/mol. The summed E-state index contributed by atoms with van der Waals surface area (Å²) in [5.74, 6) is 0.568. The van der Waals surface area contributed by atoms with Crippen LogP contribution < -0.4 is 10.6 Å². The molecule has 102 valence electrons. The number of hydrogen-bond donors (Lipinski definition) is 2. The van der Waals surface area contributed by atoms with Gasteiger partial charge in [0.25, 0.3) is 0 Å². The number of pyridine rings is 1. The van der Waals surface area contributed by atoms with E-state index in [-0.39, 0.29) is 5.91 Å². The molecule has 6 heteroatoms. The van der Waals surface area contributed by atoms with Crippen LogP contribution in [0.5, 0.6) is 0 Å². The average Bonchev–Trinajstić information content (AvgIpc) is 2.38. The Bertz CT molecular complexity index is 468. The molecule has 19 heavy (non-hydrogen) atoms. The number of aromatic nitrogens is 1. The lowest BCUT2D eigenvalue weighted by atomic mass is 10.2. The molecule has 1 amide bonds. The number of amides is 1. The quantitative estimate of drug-likeness (QED) is 0.711. The lowest BCUT2D eigenvalue weighted by Crippen LogP contribution is -2.28. The lowest BCUT2D eigenvalue weighted by Gasteiger charge is -2.07. The van der Waals surface area contributed by atoms with Gasteiger partial charge in [-0.25, -0.2) is 4.98 Å². The summed E-state index contributed by atoms with van der Waals surface area (Å²) in [6, 6.07) is 5.44. The Hall–Kier alpha value is -2.13. The van der Waals surface area contributed by atoms with Crippen molar-refractivity contribution in [3.05, 3.63) is 23.4 Å². The van der Waals surface area contributed by atoms with E-state index in [0.29, 0.717) is 37.5 Å². The molecule has 0 saturated carbocycles. The molecule has 6 nitrogen and oxygen atoms in total. The van der Waals surface area contributed by atoms with Crippen LogP contribution in [0.4, 0.5) is 5.82 Å². The van der Waals surface area contributed by atoms with Crippen molar-refractivity contribution in [2.24, 2.45) is 0 Å². The molecular formula is C13H18N4O2. The largest absolute Gasteiger partial charge is 0.383 e. The van der Waals surface area contributed by atoms with Crippen molar-refractivity contribution in [2.45, 2.75) is 13.3 Å². The van der Waals surface area contributed by atoms with Crippen molar-refractivity contribution in [2.75, 3.05) is 32.1 Å². The molecule has 1 heterocycles. The zero-order chi connectivity index (χ0) is 14.1. The predicted molar refractivity (Wildman–Crippen MR) is 71.7 cm³/mol. The van der Waals surface area contributed by atoms with Gasteiger partial charge in [-0.3, -0.25) is 4.79 Å². The number of rotatable bonds is 7. The third-order valence-electron chi connectivity index (χ3n) is 2.37. The van der Waals surface area contributed by atoms with Crippen LogP contribution in [-0.4, -0.2) is 37.7 Å². The molecule has 1 aromatic rings. The normalized spacial score (nSPS) is 9.74.